The molecule has 0 aliphatic heterocycles. The lowest BCUT2D eigenvalue weighted by Gasteiger charge is -2.16. The van der Waals surface area contributed by atoms with Gasteiger partial charge in [0.2, 0.25) is 0 Å². The monoisotopic (exact) mass is 319 g/mol. The Bertz CT molecular complexity index is 553. The van der Waals surface area contributed by atoms with Crippen LogP contribution in [0.4, 0.5) is 0 Å². The lowest BCUT2D eigenvalue weighted by Crippen LogP contribution is -2.19. The molecule has 0 amide bonds. The van der Waals surface area contributed by atoms with Crippen molar-refractivity contribution in [2.24, 2.45) is 0 Å². The molecule has 1 unspecified atom stereocenters. The van der Waals surface area contributed by atoms with Crippen molar-refractivity contribution in [2.75, 3.05) is 6.54 Å². The predicted molar refractivity (Wildman–Crippen MR) is 94.2 cm³/mol. The molecule has 1 atom stereocenters. The molecule has 1 N–H and O–H groups in total. The van der Waals surface area contributed by atoms with Crippen LogP contribution in [0.3, 0.4) is 0 Å². The number of thioether (sulfide) groups is 1. The molecule has 0 aromatic heterocycles. The van der Waals surface area contributed by atoms with Gasteiger partial charge in [0.05, 0.1) is 0 Å². The molecule has 0 heterocycles. The van der Waals surface area contributed by atoms with Crippen LogP contribution in [0.5, 0.6) is 0 Å². The minimum Gasteiger partial charge on any atom is -0.310 e. The first kappa shape index (κ1) is 16.4. The van der Waals surface area contributed by atoms with E-state index in [0.29, 0.717) is 6.04 Å². The van der Waals surface area contributed by atoms with Crippen molar-refractivity contribution in [3.8, 4) is 0 Å². The number of hydrogen-bond acceptors (Lipinski definition) is 2. The first-order chi connectivity index (χ1) is 10.2. The van der Waals surface area contributed by atoms with Crippen molar-refractivity contribution in [2.45, 2.75) is 37.0 Å². The van der Waals surface area contributed by atoms with Crippen molar-refractivity contribution in [3.05, 3.63) is 64.7 Å². The molecule has 0 aliphatic rings. The average Bonchev–Trinajstić information content (AvgIpc) is 2.52. The van der Waals surface area contributed by atoms with Crippen LogP contribution in [-0.4, -0.2) is 6.54 Å². The number of rotatable bonds is 7. The Kier molecular flexibility index (Phi) is 6.62. The maximum Gasteiger partial charge on any atom is 0.0446 e. The van der Waals surface area contributed by atoms with Crippen LogP contribution in [-0.2, 0) is 5.75 Å². The van der Waals surface area contributed by atoms with Gasteiger partial charge in [0.25, 0.3) is 0 Å². The standard InChI is InChI=1S/C18H22ClNS/c1-3-18(20-4-2)14-9-11-16(12-10-14)21-13-15-7-5-6-8-17(15)19/h5-12,18,20H,3-4,13H2,1-2H3. The molecule has 2 aromatic carbocycles. The Balaban J connectivity index is 1.98. The predicted octanol–water partition coefficient (Wildman–Crippen LogP) is 5.69. The Morgan fingerprint density at radius 3 is 2.38 bits per heavy atom. The van der Waals surface area contributed by atoms with E-state index in [-0.39, 0.29) is 0 Å². The van der Waals surface area contributed by atoms with Gasteiger partial charge in [-0.2, -0.15) is 0 Å². The fourth-order valence-electron chi connectivity index (χ4n) is 2.32. The summed E-state index contributed by atoms with van der Waals surface area (Å²) in [6, 6.07) is 17.4. The third-order valence-corrected chi connectivity index (χ3v) is 4.92. The van der Waals surface area contributed by atoms with Crippen LogP contribution in [0.1, 0.15) is 37.4 Å². The molecule has 1 nitrogen and oxygen atoms in total. The van der Waals surface area contributed by atoms with Crippen LogP contribution >= 0.6 is 23.4 Å². The molecule has 0 radical (unpaired) electrons. The summed E-state index contributed by atoms with van der Waals surface area (Å²) >= 11 is 8.01. The van der Waals surface area contributed by atoms with Crippen LogP contribution in [0.2, 0.25) is 5.02 Å². The smallest absolute Gasteiger partial charge is 0.0446 e. The van der Waals surface area contributed by atoms with E-state index in [1.54, 1.807) is 0 Å². The van der Waals surface area contributed by atoms with Crippen molar-refractivity contribution < 1.29 is 0 Å². The Morgan fingerprint density at radius 2 is 1.76 bits per heavy atom. The van der Waals surface area contributed by atoms with E-state index in [0.717, 1.165) is 23.7 Å². The molecule has 0 spiro atoms. The van der Waals surface area contributed by atoms with Gasteiger partial charge >= 0.3 is 0 Å². The first-order valence-corrected chi connectivity index (χ1v) is 8.80. The van der Waals surface area contributed by atoms with E-state index < -0.39 is 0 Å². The Morgan fingerprint density at radius 1 is 1.05 bits per heavy atom. The van der Waals surface area contributed by atoms with Crippen molar-refractivity contribution >= 4 is 23.4 Å². The summed E-state index contributed by atoms with van der Waals surface area (Å²) < 4.78 is 0. The summed E-state index contributed by atoms with van der Waals surface area (Å²) in [4.78, 5) is 1.28. The summed E-state index contributed by atoms with van der Waals surface area (Å²) in [5.74, 6) is 0.906. The second-order valence-electron chi connectivity index (χ2n) is 4.97. The zero-order valence-corrected chi connectivity index (χ0v) is 14.2. The third-order valence-electron chi connectivity index (χ3n) is 3.49. The maximum absolute atomic E-state index is 6.19. The van der Waals surface area contributed by atoms with Crippen LogP contribution in [0, 0.1) is 0 Å². The quantitative estimate of drug-likeness (QED) is 0.658. The molecule has 0 aliphatic carbocycles. The first-order valence-electron chi connectivity index (χ1n) is 7.44. The Hall–Kier alpha value is -0.960. The summed E-state index contributed by atoms with van der Waals surface area (Å²) in [5, 5.41) is 4.36. The zero-order chi connectivity index (χ0) is 15.1. The van der Waals surface area contributed by atoms with Gasteiger partial charge in [-0.25, -0.2) is 0 Å². The van der Waals surface area contributed by atoms with Gasteiger partial charge in [-0.05, 0) is 42.3 Å². The van der Waals surface area contributed by atoms with Crippen molar-refractivity contribution in [3.63, 3.8) is 0 Å². The normalized spacial score (nSPS) is 12.3. The highest BCUT2D eigenvalue weighted by atomic mass is 35.5. The summed E-state index contributed by atoms with van der Waals surface area (Å²) in [5.41, 5.74) is 2.55. The average molecular weight is 320 g/mol. The highest BCUT2D eigenvalue weighted by molar-refractivity contribution is 7.98. The number of hydrogen-bond donors (Lipinski definition) is 1. The molecule has 0 bridgehead atoms. The summed E-state index contributed by atoms with van der Waals surface area (Å²) in [7, 11) is 0. The lowest BCUT2D eigenvalue weighted by atomic mass is 10.1. The topological polar surface area (TPSA) is 12.0 Å². The van der Waals surface area contributed by atoms with Crippen LogP contribution in [0.25, 0.3) is 0 Å². The van der Waals surface area contributed by atoms with E-state index in [9.17, 15) is 0 Å². The second-order valence-corrected chi connectivity index (χ2v) is 6.42. The molecule has 0 saturated heterocycles. The van der Waals surface area contributed by atoms with E-state index in [1.807, 2.05) is 30.0 Å². The zero-order valence-electron chi connectivity index (χ0n) is 12.6. The fourth-order valence-corrected chi connectivity index (χ4v) is 3.50. The van der Waals surface area contributed by atoms with Crippen LogP contribution in [0.15, 0.2) is 53.4 Å². The second kappa shape index (κ2) is 8.47. The molecular weight excluding hydrogens is 298 g/mol. The minimum atomic E-state index is 0.456. The van der Waals surface area contributed by atoms with E-state index in [2.05, 4.69) is 49.5 Å². The fraction of sp³-hybridized carbons (Fsp3) is 0.333. The number of halogens is 1. The maximum atomic E-state index is 6.19. The molecule has 0 fully saturated rings. The number of nitrogens with one attached hydrogen (secondary N) is 1. The molecule has 2 rings (SSSR count). The lowest BCUT2D eigenvalue weighted by molar-refractivity contribution is 0.537. The van der Waals surface area contributed by atoms with Crippen molar-refractivity contribution in [1.29, 1.82) is 0 Å². The van der Waals surface area contributed by atoms with E-state index in [1.165, 1.54) is 16.0 Å². The Labute approximate surface area is 137 Å². The van der Waals surface area contributed by atoms with Gasteiger partial charge in [0.1, 0.15) is 0 Å². The van der Waals surface area contributed by atoms with Gasteiger partial charge in [-0.15, -0.1) is 11.8 Å². The minimum absolute atomic E-state index is 0.456. The molecule has 21 heavy (non-hydrogen) atoms. The molecule has 2 aromatic rings. The largest absolute Gasteiger partial charge is 0.310 e. The van der Waals surface area contributed by atoms with E-state index >= 15 is 0 Å². The van der Waals surface area contributed by atoms with Gasteiger partial charge in [0.15, 0.2) is 0 Å². The summed E-state index contributed by atoms with van der Waals surface area (Å²) in [6.07, 6.45) is 1.11. The van der Waals surface area contributed by atoms with E-state index in [4.69, 9.17) is 11.6 Å². The summed E-state index contributed by atoms with van der Waals surface area (Å²) in [6.45, 7) is 5.37. The molecule has 0 saturated carbocycles. The van der Waals surface area contributed by atoms with Gasteiger partial charge in [0, 0.05) is 21.7 Å². The SMILES string of the molecule is CCNC(CC)c1ccc(SCc2ccccc2Cl)cc1. The molecule has 3 heteroatoms. The van der Waals surface area contributed by atoms with Gasteiger partial charge < -0.3 is 5.32 Å². The van der Waals surface area contributed by atoms with Gasteiger partial charge in [-0.3, -0.25) is 0 Å². The highest BCUT2D eigenvalue weighted by Crippen LogP contribution is 2.28. The molecule has 112 valence electrons. The third kappa shape index (κ3) is 4.77. The highest BCUT2D eigenvalue weighted by Gasteiger charge is 2.07. The molecular formula is C18H22ClNS. The van der Waals surface area contributed by atoms with Crippen LogP contribution < -0.4 is 5.32 Å². The van der Waals surface area contributed by atoms with Crippen molar-refractivity contribution in [1.82, 2.24) is 5.32 Å². The van der Waals surface area contributed by atoms with Gasteiger partial charge in [-0.1, -0.05) is 55.8 Å². The number of benzene rings is 2.